The molecule has 0 aromatic carbocycles. The van der Waals surface area contributed by atoms with Crippen LogP contribution >= 0.6 is 0 Å². The van der Waals surface area contributed by atoms with Crippen LogP contribution in [0, 0.1) is 5.92 Å². The van der Waals surface area contributed by atoms with Gasteiger partial charge in [0, 0.05) is 14.1 Å². The zero-order valence-electron chi connectivity index (χ0n) is 11.9. The molecule has 0 saturated carbocycles. The van der Waals surface area contributed by atoms with Gasteiger partial charge in [-0.05, 0) is 19.3 Å². The van der Waals surface area contributed by atoms with Gasteiger partial charge in [0.15, 0.2) is 5.25 Å². The predicted octanol–water partition coefficient (Wildman–Crippen LogP) is -0.118. The summed E-state index contributed by atoms with van der Waals surface area (Å²) in [6.45, 7) is 4.82. The molecule has 2 atom stereocenters. The predicted molar refractivity (Wildman–Crippen MR) is 71.1 cm³/mol. The molecular weight excluding hydrogens is 272 g/mol. The largest absolute Gasteiger partial charge is 0.480 e. The third-order valence-corrected chi connectivity index (χ3v) is 4.31. The Morgan fingerprint density at radius 3 is 2.00 bits per heavy atom. The molecule has 0 aromatic rings. The van der Waals surface area contributed by atoms with Crippen LogP contribution in [-0.4, -0.2) is 55.7 Å². The van der Waals surface area contributed by atoms with Crippen molar-refractivity contribution in [1.82, 2.24) is 9.62 Å². The summed E-state index contributed by atoms with van der Waals surface area (Å²) in [4.78, 5) is 23.8. The molecule has 1 unspecified atom stereocenters. The Morgan fingerprint density at radius 2 is 1.68 bits per heavy atom. The van der Waals surface area contributed by atoms with Gasteiger partial charge in [-0.25, -0.2) is 13.1 Å². The number of carboxylic acid groups (broad SMARTS) is 1. The lowest BCUT2D eigenvalue weighted by Crippen LogP contribution is -2.49. The number of sulfonamides is 1. The lowest BCUT2D eigenvalue weighted by Gasteiger charge is -2.21. The third-order valence-electron chi connectivity index (χ3n) is 2.57. The van der Waals surface area contributed by atoms with Crippen LogP contribution in [0.4, 0.5) is 0 Å². The lowest BCUT2D eigenvalue weighted by molar-refractivity contribution is -0.139. The number of aliphatic carboxylic acids is 1. The van der Waals surface area contributed by atoms with Gasteiger partial charge in [0.25, 0.3) is 0 Å². The molecule has 0 saturated heterocycles. The quantitative estimate of drug-likeness (QED) is 0.681. The Balaban J connectivity index is 5.01. The summed E-state index contributed by atoms with van der Waals surface area (Å²) in [7, 11) is -1.13. The summed E-state index contributed by atoms with van der Waals surface area (Å²) < 4.78 is 26.0. The van der Waals surface area contributed by atoms with Crippen LogP contribution < -0.4 is 4.72 Å². The number of carbonyl (C=O) groups excluding carboxylic acids is 1. The van der Waals surface area contributed by atoms with E-state index in [1.807, 2.05) is 0 Å². The number of hydrogen-bond donors (Lipinski definition) is 2. The van der Waals surface area contributed by atoms with E-state index in [-0.39, 0.29) is 12.3 Å². The highest BCUT2D eigenvalue weighted by Gasteiger charge is 2.33. The van der Waals surface area contributed by atoms with E-state index in [1.165, 1.54) is 21.0 Å². The zero-order chi connectivity index (χ0) is 15.4. The van der Waals surface area contributed by atoms with E-state index in [4.69, 9.17) is 5.11 Å². The second-order valence-corrected chi connectivity index (χ2v) is 7.09. The van der Waals surface area contributed by atoms with Crippen molar-refractivity contribution in [2.45, 2.75) is 38.5 Å². The van der Waals surface area contributed by atoms with Crippen molar-refractivity contribution in [3.63, 3.8) is 0 Å². The van der Waals surface area contributed by atoms with Gasteiger partial charge in [0.05, 0.1) is 0 Å². The monoisotopic (exact) mass is 294 g/mol. The molecule has 1 amide bonds. The van der Waals surface area contributed by atoms with Crippen LogP contribution in [-0.2, 0) is 19.6 Å². The Bertz CT molecular complexity index is 430. The van der Waals surface area contributed by atoms with Gasteiger partial charge < -0.3 is 10.0 Å². The van der Waals surface area contributed by atoms with Gasteiger partial charge in [-0.15, -0.1) is 0 Å². The van der Waals surface area contributed by atoms with Crippen LogP contribution in [0.2, 0.25) is 0 Å². The van der Waals surface area contributed by atoms with Crippen molar-refractivity contribution in [2.24, 2.45) is 5.92 Å². The Hall–Kier alpha value is -1.15. The van der Waals surface area contributed by atoms with E-state index in [2.05, 4.69) is 4.72 Å². The first-order chi connectivity index (χ1) is 8.49. The van der Waals surface area contributed by atoms with Gasteiger partial charge >= 0.3 is 5.97 Å². The second kappa shape index (κ2) is 6.85. The van der Waals surface area contributed by atoms with Crippen LogP contribution in [0.1, 0.15) is 27.2 Å². The first-order valence-corrected chi connectivity index (χ1v) is 7.48. The Kier molecular flexibility index (Phi) is 6.44. The van der Waals surface area contributed by atoms with E-state index >= 15 is 0 Å². The van der Waals surface area contributed by atoms with E-state index < -0.39 is 33.2 Å². The molecule has 19 heavy (non-hydrogen) atoms. The van der Waals surface area contributed by atoms with E-state index in [1.54, 1.807) is 13.8 Å². The normalized spacial score (nSPS) is 15.1. The lowest BCUT2D eigenvalue weighted by atomic mass is 10.1. The molecule has 7 nitrogen and oxygen atoms in total. The standard InChI is InChI=1S/C11H22N2O5S/c1-7(2)6-9(11(15)16)12-19(17,18)8(3)10(14)13(4)5/h7-9,12H,6H2,1-5H3,(H,15,16)/t8?,9-/m0/s1. The minimum Gasteiger partial charge on any atom is -0.480 e. The fraction of sp³-hybridized carbons (Fsp3) is 0.818. The van der Waals surface area contributed by atoms with Crippen LogP contribution in [0.5, 0.6) is 0 Å². The number of nitrogens with zero attached hydrogens (tertiary/aromatic N) is 1. The molecule has 2 N–H and O–H groups in total. The van der Waals surface area contributed by atoms with Gasteiger partial charge in [-0.2, -0.15) is 0 Å². The number of rotatable bonds is 7. The molecular formula is C11H22N2O5S. The molecule has 0 heterocycles. The number of carbonyl (C=O) groups is 2. The first kappa shape index (κ1) is 17.8. The minimum absolute atomic E-state index is 0.0173. The SMILES string of the molecule is CC(C)C[C@H](NS(=O)(=O)C(C)C(=O)N(C)C)C(=O)O. The highest BCUT2D eigenvalue weighted by molar-refractivity contribution is 7.90. The van der Waals surface area contributed by atoms with Gasteiger partial charge in [0.2, 0.25) is 15.9 Å². The average Bonchev–Trinajstić information content (AvgIpc) is 2.24. The summed E-state index contributed by atoms with van der Waals surface area (Å²) in [5, 5.41) is 7.67. The third kappa shape index (κ3) is 5.56. The van der Waals surface area contributed by atoms with Gasteiger partial charge in [0.1, 0.15) is 6.04 Å². The Morgan fingerprint density at radius 1 is 1.21 bits per heavy atom. The summed E-state index contributed by atoms with van der Waals surface area (Å²) in [6.07, 6.45) is 0.164. The van der Waals surface area contributed by atoms with E-state index in [0.717, 1.165) is 4.90 Å². The second-order valence-electron chi connectivity index (χ2n) is 5.06. The molecule has 0 aromatic heterocycles. The number of hydrogen-bond acceptors (Lipinski definition) is 4. The van der Waals surface area contributed by atoms with Crippen molar-refractivity contribution in [2.75, 3.05) is 14.1 Å². The highest BCUT2D eigenvalue weighted by Crippen LogP contribution is 2.09. The molecule has 0 bridgehead atoms. The molecule has 0 fully saturated rings. The molecule has 0 rings (SSSR count). The van der Waals surface area contributed by atoms with Crippen molar-refractivity contribution < 1.29 is 23.1 Å². The highest BCUT2D eigenvalue weighted by atomic mass is 32.2. The Labute approximate surface area is 114 Å². The number of carboxylic acids is 1. The molecule has 0 spiro atoms. The van der Waals surface area contributed by atoms with Gasteiger partial charge in [-0.3, -0.25) is 9.59 Å². The van der Waals surface area contributed by atoms with Gasteiger partial charge in [-0.1, -0.05) is 13.8 Å². The van der Waals surface area contributed by atoms with E-state index in [0.29, 0.717) is 0 Å². The zero-order valence-corrected chi connectivity index (χ0v) is 12.7. The van der Waals surface area contributed by atoms with Crippen molar-refractivity contribution in [3.8, 4) is 0 Å². The maximum atomic E-state index is 12.0. The minimum atomic E-state index is -4.02. The van der Waals surface area contributed by atoms with Crippen molar-refractivity contribution in [3.05, 3.63) is 0 Å². The summed E-state index contributed by atoms with van der Waals surface area (Å²) >= 11 is 0. The molecule has 8 heteroatoms. The van der Waals surface area contributed by atoms with E-state index in [9.17, 15) is 18.0 Å². The van der Waals surface area contributed by atoms with Crippen LogP contribution in [0.3, 0.4) is 0 Å². The fourth-order valence-electron chi connectivity index (χ4n) is 1.47. The fourth-order valence-corrected chi connectivity index (χ4v) is 2.74. The van der Waals surface area contributed by atoms with Crippen LogP contribution in [0.15, 0.2) is 0 Å². The summed E-state index contributed by atoms with van der Waals surface area (Å²) in [5.74, 6) is -1.83. The molecule has 0 aliphatic carbocycles. The van der Waals surface area contributed by atoms with Crippen molar-refractivity contribution in [1.29, 1.82) is 0 Å². The molecule has 0 aliphatic heterocycles. The maximum absolute atomic E-state index is 12.0. The molecule has 0 aliphatic rings. The summed E-state index contributed by atoms with van der Waals surface area (Å²) in [5.41, 5.74) is 0. The molecule has 112 valence electrons. The summed E-state index contributed by atoms with van der Waals surface area (Å²) in [6, 6.07) is -1.22. The van der Waals surface area contributed by atoms with Crippen LogP contribution in [0.25, 0.3) is 0 Å². The topological polar surface area (TPSA) is 104 Å². The first-order valence-electron chi connectivity index (χ1n) is 5.94. The average molecular weight is 294 g/mol. The number of nitrogens with one attached hydrogen (secondary N) is 1. The molecule has 0 radical (unpaired) electrons. The number of amides is 1. The maximum Gasteiger partial charge on any atom is 0.321 e. The smallest absolute Gasteiger partial charge is 0.321 e. The van der Waals surface area contributed by atoms with Crippen molar-refractivity contribution >= 4 is 21.9 Å².